The van der Waals surface area contributed by atoms with Gasteiger partial charge in [-0.2, -0.15) is 0 Å². The fourth-order valence-corrected chi connectivity index (χ4v) is 2.15. The van der Waals surface area contributed by atoms with E-state index >= 15 is 0 Å². The Bertz CT molecular complexity index is 736. The molecule has 7 nitrogen and oxygen atoms in total. The summed E-state index contributed by atoms with van der Waals surface area (Å²) in [7, 11) is 0. The first-order chi connectivity index (χ1) is 10.1. The van der Waals surface area contributed by atoms with E-state index in [1.807, 2.05) is 6.92 Å². The lowest BCUT2D eigenvalue weighted by molar-refractivity contribution is 0.0691. The molecule has 0 bridgehead atoms. The Hall–Kier alpha value is -2.83. The lowest BCUT2D eigenvalue weighted by Crippen LogP contribution is -2.05. The van der Waals surface area contributed by atoms with Gasteiger partial charge in [0.05, 0.1) is 6.54 Å². The number of nitrogens with zero attached hydrogens (tertiary/aromatic N) is 3. The molecule has 108 valence electrons. The summed E-state index contributed by atoms with van der Waals surface area (Å²) in [5.74, 6) is 0.0806. The summed E-state index contributed by atoms with van der Waals surface area (Å²) in [6.45, 7) is 6.21. The highest BCUT2D eigenvalue weighted by Crippen LogP contribution is 2.36. The monoisotopic (exact) mass is 287 g/mol. The minimum atomic E-state index is -1.13. The Morgan fingerprint density at radius 2 is 2.19 bits per heavy atom. The minimum absolute atomic E-state index is 0.102. The number of allylic oxidation sites excluding steroid dienone is 1. The molecule has 0 amide bonds. The highest BCUT2D eigenvalue weighted by molar-refractivity contribution is 5.92. The van der Waals surface area contributed by atoms with Crippen LogP contribution in [-0.4, -0.2) is 32.9 Å². The van der Waals surface area contributed by atoms with Crippen molar-refractivity contribution >= 4 is 5.97 Å². The first kappa shape index (κ1) is 13.2. The van der Waals surface area contributed by atoms with Gasteiger partial charge in [0.15, 0.2) is 17.2 Å². The van der Waals surface area contributed by atoms with Crippen molar-refractivity contribution < 1.29 is 19.4 Å². The van der Waals surface area contributed by atoms with Crippen molar-refractivity contribution in [3.8, 4) is 22.8 Å². The summed E-state index contributed by atoms with van der Waals surface area (Å²) in [4.78, 5) is 11.3. The Morgan fingerprint density at radius 3 is 2.90 bits per heavy atom. The SMILES string of the molecule is C=C(C)Cn1nnc(C(=O)O)c1-c1ccc2c(c1)OCO2. The smallest absolute Gasteiger partial charge is 0.358 e. The van der Waals surface area contributed by atoms with Crippen molar-refractivity contribution in [3.63, 3.8) is 0 Å². The van der Waals surface area contributed by atoms with Crippen LogP contribution in [-0.2, 0) is 6.54 Å². The third kappa shape index (κ3) is 2.33. The predicted octanol–water partition coefficient (Wildman–Crippen LogP) is 1.95. The van der Waals surface area contributed by atoms with E-state index in [0.717, 1.165) is 5.57 Å². The van der Waals surface area contributed by atoms with Crippen LogP contribution in [0.25, 0.3) is 11.3 Å². The fraction of sp³-hybridized carbons (Fsp3) is 0.214. The van der Waals surface area contributed by atoms with Crippen molar-refractivity contribution in [1.29, 1.82) is 0 Å². The van der Waals surface area contributed by atoms with Gasteiger partial charge in [0.1, 0.15) is 5.69 Å². The van der Waals surface area contributed by atoms with Crippen molar-refractivity contribution in [3.05, 3.63) is 36.0 Å². The van der Waals surface area contributed by atoms with Crippen LogP contribution in [0.3, 0.4) is 0 Å². The molecule has 3 rings (SSSR count). The van der Waals surface area contributed by atoms with E-state index in [9.17, 15) is 9.90 Å². The van der Waals surface area contributed by atoms with Crippen molar-refractivity contribution in [2.24, 2.45) is 0 Å². The lowest BCUT2D eigenvalue weighted by Gasteiger charge is -2.08. The first-order valence-electron chi connectivity index (χ1n) is 6.27. The quantitative estimate of drug-likeness (QED) is 0.865. The van der Waals surface area contributed by atoms with Gasteiger partial charge in [-0.25, -0.2) is 9.48 Å². The normalized spacial score (nSPS) is 12.4. The Labute approximate surface area is 120 Å². The number of carbonyl (C=O) groups is 1. The summed E-state index contributed by atoms with van der Waals surface area (Å²) in [6, 6.07) is 5.22. The largest absolute Gasteiger partial charge is 0.476 e. The molecule has 0 radical (unpaired) electrons. The van der Waals surface area contributed by atoms with Crippen LogP contribution in [0.1, 0.15) is 17.4 Å². The number of fused-ring (bicyclic) bond motifs is 1. The van der Waals surface area contributed by atoms with E-state index in [0.29, 0.717) is 29.3 Å². The number of benzene rings is 1. The fourth-order valence-electron chi connectivity index (χ4n) is 2.15. The van der Waals surface area contributed by atoms with Gasteiger partial charge in [-0.1, -0.05) is 17.4 Å². The second kappa shape index (κ2) is 4.93. The maximum atomic E-state index is 11.3. The van der Waals surface area contributed by atoms with Crippen molar-refractivity contribution in [2.45, 2.75) is 13.5 Å². The third-order valence-corrected chi connectivity index (χ3v) is 3.00. The van der Waals surface area contributed by atoms with Crippen LogP contribution in [0.2, 0.25) is 0 Å². The van der Waals surface area contributed by atoms with Crippen molar-refractivity contribution in [1.82, 2.24) is 15.0 Å². The lowest BCUT2D eigenvalue weighted by atomic mass is 10.1. The summed E-state index contributed by atoms with van der Waals surface area (Å²) in [5.41, 5.74) is 1.82. The number of carboxylic acids is 1. The first-order valence-corrected chi connectivity index (χ1v) is 6.27. The molecular weight excluding hydrogens is 274 g/mol. The van der Waals surface area contributed by atoms with Crippen LogP contribution >= 0.6 is 0 Å². The third-order valence-electron chi connectivity index (χ3n) is 3.00. The number of hydrogen-bond donors (Lipinski definition) is 1. The average molecular weight is 287 g/mol. The highest BCUT2D eigenvalue weighted by Gasteiger charge is 2.23. The van der Waals surface area contributed by atoms with Crippen LogP contribution in [0.5, 0.6) is 11.5 Å². The number of rotatable bonds is 4. The maximum absolute atomic E-state index is 11.3. The molecule has 1 aromatic heterocycles. The van der Waals surface area contributed by atoms with Crippen LogP contribution in [0.15, 0.2) is 30.4 Å². The van der Waals surface area contributed by atoms with Crippen LogP contribution in [0, 0.1) is 0 Å². The predicted molar refractivity (Wildman–Crippen MR) is 73.4 cm³/mol. The molecule has 21 heavy (non-hydrogen) atoms. The standard InChI is InChI=1S/C14H13N3O4/c1-8(2)6-17-13(12(14(18)19)15-16-17)9-3-4-10-11(5-9)21-7-20-10/h3-5H,1,6-7H2,2H3,(H,18,19). The molecule has 2 heterocycles. The van der Waals surface area contributed by atoms with Gasteiger partial charge >= 0.3 is 5.97 Å². The number of aromatic nitrogens is 3. The molecule has 0 spiro atoms. The Morgan fingerprint density at radius 1 is 1.43 bits per heavy atom. The zero-order chi connectivity index (χ0) is 15.0. The van der Waals surface area contributed by atoms with E-state index in [-0.39, 0.29) is 12.5 Å². The van der Waals surface area contributed by atoms with Gasteiger partial charge in [-0.05, 0) is 25.1 Å². The van der Waals surface area contributed by atoms with Gasteiger partial charge < -0.3 is 14.6 Å². The van der Waals surface area contributed by atoms with Gasteiger partial charge in [0.25, 0.3) is 0 Å². The molecule has 0 saturated heterocycles. The second-order valence-electron chi connectivity index (χ2n) is 4.77. The van der Waals surface area contributed by atoms with E-state index < -0.39 is 5.97 Å². The molecule has 0 fully saturated rings. The molecule has 0 atom stereocenters. The number of hydrogen-bond acceptors (Lipinski definition) is 5. The molecule has 1 aliphatic rings. The van der Waals surface area contributed by atoms with Gasteiger partial charge in [-0.3, -0.25) is 0 Å². The number of ether oxygens (including phenoxy) is 2. The van der Waals surface area contributed by atoms with Crippen LogP contribution in [0.4, 0.5) is 0 Å². The summed E-state index contributed by atoms with van der Waals surface area (Å²) >= 11 is 0. The van der Waals surface area contributed by atoms with E-state index in [4.69, 9.17) is 9.47 Å². The molecular formula is C14H13N3O4. The summed E-state index contributed by atoms with van der Waals surface area (Å²) < 4.78 is 12.1. The molecule has 0 unspecified atom stereocenters. The zero-order valence-corrected chi connectivity index (χ0v) is 11.4. The highest BCUT2D eigenvalue weighted by atomic mass is 16.7. The molecule has 0 saturated carbocycles. The average Bonchev–Trinajstić information content (AvgIpc) is 3.03. The molecule has 1 aromatic carbocycles. The van der Waals surface area contributed by atoms with E-state index in [2.05, 4.69) is 16.9 Å². The topological polar surface area (TPSA) is 86.5 Å². The van der Waals surface area contributed by atoms with E-state index in [1.165, 1.54) is 4.68 Å². The molecule has 1 aliphatic heterocycles. The summed E-state index contributed by atoms with van der Waals surface area (Å²) in [5, 5.41) is 16.9. The Balaban J connectivity index is 2.13. The minimum Gasteiger partial charge on any atom is -0.476 e. The van der Waals surface area contributed by atoms with Gasteiger partial charge in [-0.15, -0.1) is 5.10 Å². The number of aromatic carboxylic acids is 1. The van der Waals surface area contributed by atoms with E-state index in [1.54, 1.807) is 18.2 Å². The van der Waals surface area contributed by atoms with Crippen LogP contribution < -0.4 is 9.47 Å². The second-order valence-corrected chi connectivity index (χ2v) is 4.77. The maximum Gasteiger partial charge on any atom is 0.358 e. The molecule has 2 aromatic rings. The van der Waals surface area contributed by atoms with Gasteiger partial charge in [0.2, 0.25) is 6.79 Å². The number of carboxylic acid groups (broad SMARTS) is 1. The van der Waals surface area contributed by atoms with Crippen molar-refractivity contribution in [2.75, 3.05) is 6.79 Å². The van der Waals surface area contributed by atoms with Gasteiger partial charge in [0, 0.05) is 5.56 Å². The molecule has 1 N–H and O–H groups in total. The summed E-state index contributed by atoms with van der Waals surface area (Å²) in [6.07, 6.45) is 0. The molecule has 0 aliphatic carbocycles. The molecule has 7 heteroatoms. The zero-order valence-electron chi connectivity index (χ0n) is 11.4. The Kier molecular flexibility index (Phi) is 3.09.